The maximum Gasteiger partial charge on any atom is 0.142 e. The van der Waals surface area contributed by atoms with Crippen molar-refractivity contribution in [1.29, 1.82) is 5.41 Å². The van der Waals surface area contributed by atoms with Gasteiger partial charge in [0.2, 0.25) is 0 Å². The van der Waals surface area contributed by atoms with Crippen LogP contribution in [0.4, 0.5) is 0 Å². The van der Waals surface area contributed by atoms with Crippen LogP contribution < -0.4 is 15.2 Å². The van der Waals surface area contributed by atoms with E-state index in [1.54, 1.807) is 25.3 Å². The van der Waals surface area contributed by atoms with Gasteiger partial charge in [-0.25, -0.2) is 0 Å². The van der Waals surface area contributed by atoms with E-state index in [0.29, 0.717) is 17.1 Å². The van der Waals surface area contributed by atoms with E-state index >= 15 is 0 Å². The molecule has 0 bridgehead atoms. The van der Waals surface area contributed by atoms with Crippen molar-refractivity contribution in [3.05, 3.63) is 53.1 Å². The molecule has 0 aliphatic carbocycles. The molecule has 2 aromatic rings. The second-order valence-electron chi connectivity index (χ2n) is 4.70. The topological polar surface area (TPSA) is 68.3 Å². The van der Waals surface area contributed by atoms with Crippen LogP contribution in [0.3, 0.4) is 0 Å². The largest absolute Gasteiger partial charge is 0.497 e. The third kappa shape index (κ3) is 3.09. The van der Waals surface area contributed by atoms with Gasteiger partial charge in [-0.2, -0.15) is 0 Å². The standard InChI is InChI=1S/C16H18N2O2/c1-10-6-11(2)8-13(7-10)20-15-9-12(19-3)4-5-14(15)16(17)18/h4-9H,1-3H3,(H3,17,18). The molecular weight excluding hydrogens is 252 g/mol. The maximum atomic E-state index is 7.61. The SMILES string of the molecule is COc1ccc(C(=N)N)c(Oc2cc(C)cc(C)c2)c1. The molecule has 0 unspecified atom stereocenters. The second-order valence-corrected chi connectivity index (χ2v) is 4.70. The average Bonchev–Trinajstić information content (AvgIpc) is 2.37. The molecule has 2 aromatic carbocycles. The Labute approximate surface area is 118 Å². The van der Waals surface area contributed by atoms with E-state index in [0.717, 1.165) is 16.9 Å². The lowest BCUT2D eigenvalue weighted by Gasteiger charge is -2.13. The molecule has 0 aliphatic rings. The van der Waals surface area contributed by atoms with Crippen molar-refractivity contribution in [2.75, 3.05) is 7.11 Å². The van der Waals surface area contributed by atoms with Gasteiger partial charge >= 0.3 is 0 Å². The fourth-order valence-electron chi connectivity index (χ4n) is 2.06. The summed E-state index contributed by atoms with van der Waals surface area (Å²) in [5, 5.41) is 7.61. The van der Waals surface area contributed by atoms with E-state index in [4.69, 9.17) is 20.6 Å². The molecule has 0 aromatic heterocycles. The highest BCUT2D eigenvalue weighted by atomic mass is 16.5. The zero-order valence-electron chi connectivity index (χ0n) is 11.9. The van der Waals surface area contributed by atoms with Crippen molar-refractivity contribution in [3.63, 3.8) is 0 Å². The van der Waals surface area contributed by atoms with Crippen molar-refractivity contribution in [2.45, 2.75) is 13.8 Å². The third-order valence-corrected chi connectivity index (χ3v) is 2.90. The molecule has 0 atom stereocenters. The van der Waals surface area contributed by atoms with Gasteiger partial charge in [-0.15, -0.1) is 0 Å². The number of rotatable bonds is 4. The summed E-state index contributed by atoms with van der Waals surface area (Å²) in [4.78, 5) is 0. The molecule has 4 nitrogen and oxygen atoms in total. The summed E-state index contributed by atoms with van der Waals surface area (Å²) in [6, 6.07) is 11.2. The van der Waals surface area contributed by atoms with E-state index in [9.17, 15) is 0 Å². The van der Waals surface area contributed by atoms with E-state index in [2.05, 4.69) is 6.07 Å². The zero-order valence-corrected chi connectivity index (χ0v) is 11.9. The molecule has 3 N–H and O–H groups in total. The molecule has 4 heteroatoms. The fraction of sp³-hybridized carbons (Fsp3) is 0.188. The normalized spacial score (nSPS) is 10.2. The van der Waals surface area contributed by atoms with Gasteiger partial charge in [0, 0.05) is 6.07 Å². The fourth-order valence-corrected chi connectivity index (χ4v) is 2.06. The number of benzene rings is 2. The van der Waals surface area contributed by atoms with Crippen LogP contribution in [0.25, 0.3) is 0 Å². The minimum Gasteiger partial charge on any atom is -0.497 e. The van der Waals surface area contributed by atoms with Gasteiger partial charge in [-0.3, -0.25) is 5.41 Å². The number of nitrogens with two attached hydrogens (primary N) is 1. The number of ether oxygens (including phenoxy) is 2. The van der Waals surface area contributed by atoms with Gasteiger partial charge in [0.1, 0.15) is 23.1 Å². The molecule has 0 heterocycles. The van der Waals surface area contributed by atoms with Gasteiger partial charge in [0.25, 0.3) is 0 Å². The minimum absolute atomic E-state index is 0.0352. The molecule has 20 heavy (non-hydrogen) atoms. The number of hydrogen-bond acceptors (Lipinski definition) is 3. The van der Waals surface area contributed by atoms with Crippen LogP contribution >= 0.6 is 0 Å². The monoisotopic (exact) mass is 270 g/mol. The Bertz CT molecular complexity index is 631. The Morgan fingerprint density at radius 3 is 2.20 bits per heavy atom. The highest BCUT2D eigenvalue weighted by molar-refractivity contribution is 5.97. The van der Waals surface area contributed by atoms with E-state index in [1.807, 2.05) is 26.0 Å². The van der Waals surface area contributed by atoms with Gasteiger partial charge < -0.3 is 15.2 Å². The molecule has 0 fully saturated rings. The molecule has 0 saturated carbocycles. The van der Waals surface area contributed by atoms with Crippen LogP contribution in [0.15, 0.2) is 36.4 Å². The second kappa shape index (κ2) is 5.65. The highest BCUT2D eigenvalue weighted by Crippen LogP contribution is 2.30. The van der Waals surface area contributed by atoms with Gasteiger partial charge in [0.05, 0.1) is 12.7 Å². The Morgan fingerprint density at radius 1 is 1.00 bits per heavy atom. The van der Waals surface area contributed by atoms with Crippen molar-refractivity contribution in [2.24, 2.45) is 5.73 Å². The summed E-state index contributed by atoms with van der Waals surface area (Å²) in [6.07, 6.45) is 0. The molecule has 0 saturated heterocycles. The Hall–Kier alpha value is -2.49. The number of methoxy groups -OCH3 is 1. The van der Waals surface area contributed by atoms with Crippen LogP contribution in [0, 0.1) is 19.3 Å². The van der Waals surface area contributed by atoms with Crippen molar-refractivity contribution in [3.8, 4) is 17.2 Å². The zero-order chi connectivity index (χ0) is 14.7. The maximum absolute atomic E-state index is 7.61. The van der Waals surface area contributed by atoms with Gasteiger partial charge in [-0.05, 0) is 49.2 Å². The number of amidine groups is 1. The smallest absolute Gasteiger partial charge is 0.142 e. The van der Waals surface area contributed by atoms with Crippen molar-refractivity contribution < 1.29 is 9.47 Å². The summed E-state index contributed by atoms with van der Waals surface area (Å²) < 4.78 is 11.1. The first-order valence-electron chi connectivity index (χ1n) is 6.28. The number of nitrogens with one attached hydrogen (secondary N) is 1. The predicted molar refractivity (Wildman–Crippen MR) is 80.0 cm³/mol. The molecule has 2 rings (SSSR count). The molecule has 0 spiro atoms. The lowest BCUT2D eigenvalue weighted by molar-refractivity contribution is 0.409. The van der Waals surface area contributed by atoms with Crippen molar-refractivity contribution in [1.82, 2.24) is 0 Å². The molecule has 104 valence electrons. The van der Waals surface area contributed by atoms with Crippen molar-refractivity contribution >= 4 is 5.84 Å². The van der Waals surface area contributed by atoms with E-state index in [-0.39, 0.29) is 5.84 Å². The van der Waals surface area contributed by atoms with E-state index in [1.165, 1.54) is 0 Å². The summed E-state index contributed by atoms with van der Waals surface area (Å²) >= 11 is 0. The summed E-state index contributed by atoms with van der Waals surface area (Å²) in [6.45, 7) is 4.02. The number of aryl methyl sites for hydroxylation is 2. The molecule has 0 radical (unpaired) electrons. The van der Waals surface area contributed by atoms with Gasteiger partial charge in [0.15, 0.2) is 0 Å². The number of nitrogen functional groups attached to an aromatic ring is 1. The first-order valence-corrected chi connectivity index (χ1v) is 6.28. The van der Waals surface area contributed by atoms with Crippen LogP contribution in [0.1, 0.15) is 16.7 Å². The summed E-state index contributed by atoms with van der Waals surface area (Å²) in [7, 11) is 1.59. The highest BCUT2D eigenvalue weighted by Gasteiger charge is 2.10. The van der Waals surface area contributed by atoms with Crippen LogP contribution in [0.2, 0.25) is 0 Å². The minimum atomic E-state index is -0.0352. The average molecular weight is 270 g/mol. The third-order valence-electron chi connectivity index (χ3n) is 2.90. The Balaban J connectivity index is 2.42. The summed E-state index contributed by atoms with van der Waals surface area (Å²) in [5.41, 5.74) is 8.36. The Kier molecular flexibility index (Phi) is 3.94. The lowest BCUT2D eigenvalue weighted by atomic mass is 10.1. The quantitative estimate of drug-likeness (QED) is 0.661. The van der Waals surface area contributed by atoms with Crippen LogP contribution in [-0.2, 0) is 0 Å². The molecular formula is C16H18N2O2. The first-order chi connectivity index (χ1) is 9.49. The molecule has 0 aliphatic heterocycles. The number of hydrogen-bond donors (Lipinski definition) is 2. The predicted octanol–water partition coefficient (Wildman–Crippen LogP) is 3.39. The van der Waals surface area contributed by atoms with Crippen LogP contribution in [0.5, 0.6) is 17.2 Å². The Morgan fingerprint density at radius 2 is 1.65 bits per heavy atom. The summed E-state index contributed by atoms with van der Waals surface area (Å²) in [5.74, 6) is 1.86. The van der Waals surface area contributed by atoms with Crippen LogP contribution in [-0.4, -0.2) is 12.9 Å². The van der Waals surface area contributed by atoms with Gasteiger partial charge in [-0.1, -0.05) is 6.07 Å². The molecule has 0 amide bonds. The first kappa shape index (κ1) is 13.9. The van der Waals surface area contributed by atoms with E-state index < -0.39 is 0 Å². The lowest BCUT2D eigenvalue weighted by Crippen LogP contribution is -2.12.